The van der Waals surface area contributed by atoms with Gasteiger partial charge in [-0.25, -0.2) is 9.65 Å². The van der Waals surface area contributed by atoms with Crippen molar-refractivity contribution in [1.82, 2.24) is 5.09 Å². The summed E-state index contributed by atoms with van der Waals surface area (Å²) >= 11 is 0. The van der Waals surface area contributed by atoms with E-state index in [2.05, 4.69) is 5.09 Å². The van der Waals surface area contributed by atoms with Crippen molar-refractivity contribution in [3.8, 4) is 0 Å². The Kier molecular flexibility index (Phi) is 10.8. The summed E-state index contributed by atoms with van der Waals surface area (Å²) in [7, 11) is -3.57. The Morgan fingerprint density at radius 1 is 0.867 bits per heavy atom. The summed E-state index contributed by atoms with van der Waals surface area (Å²) in [5, 5.41) is 2.66. The number of carbonyl (C=O) groups is 1. The first-order chi connectivity index (χ1) is 14.6. The molecule has 6 nitrogen and oxygen atoms in total. The normalized spacial score (nSPS) is 11.6. The number of hydrogen-bond donors (Lipinski definition) is 1. The molecule has 0 spiro atoms. The number of rotatable bonds is 14. The van der Waals surface area contributed by atoms with Gasteiger partial charge in [-0.2, -0.15) is 0 Å². The second-order valence-electron chi connectivity index (χ2n) is 6.90. The van der Waals surface area contributed by atoms with Crippen molar-refractivity contribution in [3.63, 3.8) is 0 Å². The largest absolute Gasteiger partial charge is 0.452 e. The summed E-state index contributed by atoms with van der Waals surface area (Å²) in [6.07, 6.45) is 2.79. The van der Waals surface area contributed by atoms with Crippen LogP contribution in [0, 0.1) is 0 Å². The second kappa shape index (κ2) is 13.3. The Hall–Kier alpha value is -1.98. The highest BCUT2D eigenvalue weighted by Gasteiger charge is 2.27. The lowest BCUT2D eigenvalue weighted by Crippen LogP contribution is -2.26. The monoisotopic (exact) mass is 433 g/mol. The Balaban J connectivity index is 2.03. The van der Waals surface area contributed by atoms with Crippen molar-refractivity contribution >= 4 is 13.7 Å². The average molecular weight is 433 g/mol. The first-order valence-corrected chi connectivity index (χ1v) is 12.1. The molecule has 7 heteroatoms. The number of ether oxygens (including phenoxy) is 1. The molecule has 2 aromatic rings. The van der Waals surface area contributed by atoms with Gasteiger partial charge in [-0.15, -0.1) is 0 Å². The summed E-state index contributed by atoms with van der Waals surface area (Å²) in [4.78, 5) is 12.6. The summed E-state index contributed by atoms with van der Waals surface area (Å²) in [6.45, 7) is 4.37. The molecule has 0 aliphatic heterocycles. The minimum atomic E-state index is -3.57. The molecule has 1 N–H and O–H groups in total. The predicted octanol–water partition coefficient (Wildman–Crippen LogP) is 5.65. The van der Waals surface area contributed by atoms with Gasteiger partial charge >= 0.3 is 13.7 Å². The smallest absolute Gasteiger partial charge is 0.406 e. The van der Waals surface area contributed by atoms with Crippen molar-refractivity contribution < 1.29 is 23.1 Å². The van der Waals surface area contributed by atoms with Crippen molar-refractivity contribution in [2.24, 2.45) is 0 Å². The molecule has 0 aromatic heterocycles. The van der Waals surface area contributed by atoms with Gasteiger partial charge in [0, 0.05) is 0 Å². The lowest BCUT2D eigenvalue weighted by atomic mass is 10.0. The average Bonchev–Trinajstić information content (AvgIpc) is 2.78. The van der Waals surface area contributed by atoms with Gasteiger partial charge in [0.15, 0.2) is 6.10 Å². The molecule has 0 amide bonds. The van der Waals surface area contributed by atoms with E-state index in [0.29, 0.717) is 13.2 Å². The molecular formula is C23H32NO5P. The zero-order valence-electron chi connectivity index (χ0n) is 17.8. The predicted molar refractivity (Wildman–Crippen MR) is 118 cm³/mol. The van der Waals surface area contributed by atoms with Crippen molar-refractivity contribution in [2.75, 3.05) is 19.8 Å². The number of nitrogens with one attached hydrogen (secondary N) is 1. The van der Waals surface area contributed by atoms with E-state index in [-0.39, 0.29) is 6.54 Å². The standard InChI is InChI=1S/C23H32NO5P/c1-3-5-17-27-30(26,28-18-6-4-2)24-19-22(25)29-23(20-13-9-7-10-14-20)21-15-11-8-12-16-21/h7-16,23H,3-6,17-19H2,1-2H3,(H,24,26). The van der Waals surface area contributed by atoms with Gasteiger partial charge in [0.25, 0.3) is 0 Å². The fourth-order valence-electron chi connectivity index (χ4n) is 2.71. The summed E-state index contributed by atoms with van der Waals surface area (Å²) in [6, 6.07) is 19.0. The maximum atomic E-state index is 12.9. The zero-order chi connectivity index (χ0) is 21.7. The van der Waals surface area contributed by atoms with E-state index >= 15 is 0 Å². The lowest BCUT2D eigenvalue weighted by molar-refractivity contribution is -0.146. The number of unbranched alkanes of at least 4 members (excludes halogenated alkanes) is 2. The molecule has 30 heavy (non-hydrogen) atoms. The fraction of sp³-hybridized carbons (Fsp3) is 0.435. The van der Waals surface area contributed by atoms with Crippen LogP contribution in [0.2, 0.25) is 0 Å². The Morgan fingerprint density at radius 3 is 1.77 bits per heavy atom. The van der Waals surface area contributed by atoms with Crippen LogP contribution in [0.25, 0.3) is 0 Å². The van der Waals surface area contributed by atoms with Gasteiger partial charge in [-0.3, -0.25) is 13.8 Å². The molecule has 2 aromatic carbocycles. The van der Waals surface area contributed by atoms with Crippen LogP contribution in [0.15, 0.2) is 60.7 Å². The van der Waals surface area contributed by atoms with Gasteiger partial charge in [-0.1, -0.05) is 87.4 Å². The number of hydrogen-bond acceptors (Lipinski definition) is 5. The third-order valence-corrected chi connectivity index (χ3v) is 5.98. The molecule has 164 valence electrons. The molecule has 0 aliphatic rings. The van der Waals surface area contributed by atoms with Crippen molar-refractivity contribution in [1.29, 1.82) is 0 Å². The topological polar surface area (TPSA) is 73.9 Å². The Labute approximate surface area is 179 Å². The van der Waals surface area contributed by atoms with Gasteiger partial charge in [0.1, 0.15) is 6.54 Å². The van der Waals surface area contributed by atoms with E-state index < -0.39 is 19.8 Å². The molecule has 0 radical (unpaired) electrons. The lowest BCUT2D eigenvalue weighted by Gasteiger charge is -2.21. The molecule has 0 aliphatic carbocycles. The van der Waals surface area contributed by atoms with Crippen LogP contribution in [0.1, 0.15) is 56.8 Å². The van der Waals surface area contributed by atoms with Crippen molar-refractivity contribution in [3.05, 3.63) is 71.8 Å². The van der Waals surface area contributed by atoms with Crippen LogP contribution in [0.3, 0.4) is 0 Å². The van der Waals surface area contributed by atoms with E-state index in [9.17, 15) is 9.36 Å². The molecular weight excluding hydrogens is 401 g/mol. The minimum absolute atomic E-state index is 0.272. The van der Waals surface area contributed by atoms with E-state index in [0.717, 1.165) is 36.8 Å². The first-order valence-electron chi connectivity index (χ1n) is 10.5. The third kappa shape index (κ3) is 8.41. The van der Waals surface area contributed by atoms with Crippen LogP contribution >= 0.6 is 7.75 Å². The van der Waals surface area contributed by atoms with Crippen LogP contribution in [-0.4, -0.2) is 25.7 Å². The molecule has 0 bridgehead atoms. The molecule has 0 saturated heterocycles. The molecule has 0 heterocycles. The maximum Gasteiger partial charge on any atom is 0.406 e. The van der Waals surface area contributed by atoms with E-state index in [1.54, 1.807) is 0 Å². The van der Waals surface area contributed by atoms with Gasteiger partial charge < -0.3 is 4.74 Å². The van der Waals surface area contributed by atoms with E-state index in [4.69, 9.17) is 13.8 Å². The summed E-state index contributed by atoms with van der Waals surface area (Å²) < 4.78 is 29.6. The Morgan fingerprint density at radius 2 is 1.33 bits per heavy atom. The second-order valence-corrected chi connectivity index (χ2v) is 8.72. The highest BCUT2D eigenvalue weighted by Crippen LogP contribution is 2.43. The summed E-state index contributed by atoms with van der Waals surface area (Å²) in [5.74, 6) is -0.536. The first kappa shape index (κ1) is 24.3. The van der Waals surface area contributed by atoms with Crippen LogP contribution < -0.4 is 5.09 Å². The number of carbonyl (C=O) groups excluding carboxylic acids is 1. The highest BCUT2D eigenvalue weighted by atomic mass is 31.2. The SMILES string of the molecule is CCCCOP(=O)(NCC(=O)OC(c1ccccc1)c1ccccc1)OCCCC. The quantitative estimate of drug-likeness (QED) is 0.236. The number of esters is 1. The minimum Gasteiger partial charge on any atom is -0.452 e. The fourth-order valence-corrected chi connectivity index (χ4v) is 4.02. The number of benzene rings is 2. The summed E-state index contributed by atoms with van der Waals surface area (Å²) in [5.41, 5.74) is 1.72. The third-order valence-electron chi connectivity index (χ3n) is 4.39. The van der Waals surface area contributed by atoms with Gasteiger partial charge in [-0.05, 0) is 24.0 Å². The van der Waals surface area contributed by atoms with E-state index in [1.807, 2.05) is 74.5 Å². The Bertz CT molecular complexity index is 731. The zero-order valence-corrected chi connectivity index (χ0v) is 18.7. The van der Waals surface area contributed by atoms with Crippen LogP contribution in [0.4, 0.5) is 0 Å². The molecule has 2 rings (SSSR count). The van der Waals surface area contributed by atoms with Crippen LogP contribution in [0.5, 0.6) is 0 Å². The van der Waals surface area contributed by atoms with Crippen LogP contribution in [-0.2, 0) is 23.1 Å². The molecule has 0 saturated carbocycles. The molecule has 0 fully saturated rings. The molecule has 0 unspecified atom stereocenters. The maximum absolute atomic E-state index is 12.9. The van der Waals surface area contributed by atoms with Gasteiger partial charge in [0.05, 0.1) is 13.2 Å². The van der Waals surface area contributed by atoms with Gasteiger partial charge in [0.2, 0.25) is 0 Å². The van der Waals surface area contributed by atoms with Crippen molar-refractivity contribution in [2.45, 2.75) is 45.6 Å². The molecule has 0 atom stereocenters. The van der Waals surface area contributed by atoms with E-state index in [1.165, 1.54) is 0 Å². The highest BCUT2D eigenvalue weighted by molar-refractivity contribution is 7.51.